The van der Waals surface area contributed by atoms with Crippen LogP contribution in [0.25, 0.3) is 0 Å². The molecule has 0 atom stereocenters. The zero-order valence-corrected chi connectivity index (χ0v) is 9.50. The van der Waals surface area contributed by atoms with Crippen molar-refractivity contribution in [1.29, 1.82) is 5.26 Å². The molecular formula is C12H18N2O2. The molecule has 16 heavy (non-hydrogen) atoms. The van der Waals surface area contributed by atoms with Gasteiger partial charge in [0.25, 0.3) is 0 Å². The van der Waals surface area contributed by atoms with Crippen LogP contribution in [0, 0.1) is 22.7 Å². The lowest BCUT2D eigenvalue weighted by atomic mass is 9.85. The van der Waals surface area contributed by atoms with Crippen LogP contribution in [0.15, 0.2) is 0 Å². The van der Waals surface area contributed by atoms with Gasteiger partial charge in [0.15, 0.2) is 5.41 Å². The number of nitriles is 1. The van der Waals surface area contributed by atoms with Crippen molar-refractivity contribution in [2.75, 3.05) is 19.8 Å². The highest BCUT2D eigenvalue weighted by Crippen LogP contribution is 2.27. The minimum absolute atomic E-state index is 0.146. The van der Waals surface area contributed by atoms with Crippen LogP contribution in [0.3, 0.4) is 0 Å². The standard InChI is InChI=1S/C12H18N2O2/c13-7-12(8-16-9-12)11(15)14-6-10-4-2-1-3-5-10/h10H,1-6,8-9H2,(H,14,15). The van der Waals surface area contributed by atoms with Gasteiger partial charge in [-0.25, -0.2) is 0 Å². The Morgan fingerprint density at radius 3 is 2.56 bits per heavy atom. The predicted octanol–water partition coefficient (Wildman–Crippen LogP) is 1.22. The van der Waals surface area contributed by atoms with E-state index in [1.165, 1.54) is 32.1 Å². The summed E-state index contributed by atoms with van der Waals surface area (Å²) in [6, 6.07) is 2.07. The summed E-state index contributed by atoms with van der Waals surface area (Å²) in [5, 5.41) is 11.9. The van der Waals surface area contributed by atoms with E-state index in [4.69, 9.17) is 10.00 Å². The lowest BCUT2D eigenvalue weighted by Crippen LogP contribution is -2.53. The van der Waals surface area contributed by atoms with Crippen LogP contribution in [0.4, 0.5) is 0 Å². The Morgan fingerprint density at radius 2 is 2.06 bits per heavy atom. The topological polar surface area (TPSA) is 62.1 Å². The van der Waals surface area contributed by atoms with E-state index in [1.54, 1.807) is 0 Å². The molecule has 0 radical (unpaired) electrons. The van der Waals surface area contributed by atoms with Crippen LogP contribution in [0.2, 0.25) is 0 Å². The molecule has 1 N–H and O–H groups in total. The summed E-state index contributed by atoms with van der Waals surface area (Å²) in [6.45, 7) is 1.22. The summed E-state index contributed by atoms with van der Waals surface area (Å²) in [5.74, 6) is 0.460. The Bertz CT molecular complexity index is 299. The number of rotatable bonds is 3. The van der Waals surface area contributed by atoms with Gasteiger partial charge in [-0.2, -0.15) is 5.26 Å². The van der Waals surface area contributed by atoms with Gasteiger partial charge in [-0.15, -0.1) is 0 Å². The van der Waals surface area contributed by atoms with Crippen molar-refractivity contribution < 1.29 is 9.53 Å². The van der Waals surface area contributed by atoms with E-state index >= 15 is 0 Å². The van der Waals surface area contributed by atoms with Crippen molar-refractivity contribution in [3.63, 3.8) is 0 Å². The molecule has 4 nitrogen and oxygen atoms in total. The van der Waals surface area contributed by atoms with Gasteiger partial charge in [-0.1, -0.05) is 19.3 Å². The summed E-state index contributed by atoms with van der Waals surface area (Å²) in [4.78, 5) is 11.8. The molecule has 4 heteroatoms. The quantitative estimate of drug-likeness (QED) is 0.781. The molecule has 2 fully saturated rings. The molecule has 0 aromatic rings. The molecule has 88 valence electrons. The SMILES string of the molecule is N#CC1(C(=O)NCC2CCCCC2)COC1. The van der Waals surface area contributed by atoms with Crippen LogP contribution < -0.4 is 5.32 Å². The number of hydrogen-bond donors (Lipinski definition) is 1. The van der Waals surface area contributed by atoms with Crippen molar-refractivity contribution in [3.05, 3.63) is 0 Å². The molecule has 1 saturated carbocycles. The van der Waals surface area contributed by atoms with E-state index < -0.39 is 5.41 Å². The van der Waals surface area contributed by atoms with Crippen molar-refractivity contribution in [1.82, 2.24) is 5.32 Å². The highest BCUT2D eigenvalue weighted by Gasteiger charge is 2.46. The van der Waals surface area contributed by atoms with Crippen LogP contribution in [-0.2, 0) is 9.53 Å². The Hall–Kier alpha value is -1.08. The molecule has 0 bridgehead atoms. The van der Waals surface area contributed by atoms with Crippen molar-refractivity contribution in [3.8, 4) is 6.07 Å². The lowest BCUT2D eigenvalue weighted by Gasteiger charge is -2.34. The first kappa shape index (κ1) is 11.4. The van der Waals surface area contributed by atoms with Crippen LogP contribution in [0.5, 0.6) is 0 Å². The van der Waals surface area contributed by atoms with Gasteiger partial charge in [-0.3, -0.25) is 4.79 Å². The third-order valence-corrected chi connectivity index (χ3v) is 3.62. The molecule has 0 unspecified atom stereocenters. The lowest BCUT2D eigenvalue weighted by molar-refractivity contribution is -0.150. The van der Waals surface area contributed by atoms with E-state index in [0.29, 0.717) is 5.92 Å². The first-order valence-corrected chi connectivity index (χ1v) is 6.04. The Balaban J connectivity index is 1.77. The molecular weight excluding hydrogens is 204 g/mol. The fourth-order valence-corrected chi connectivity index (χ4v) is 2.35. The first-order valence-electron chi connectivity index (χ1n) is 6.04. The van der Waals surface area contributed by atoms with Gasteiger partial charge >= 0.3 is 0 Å². The highest BCUT2D eigenvalue weighted by molar-refractivity contribution is 5.86. The van der Waals surface area contributed by atoms with Crippen LogP contribution in [-0.4, -0.2) is 25.7 Å². The number of amides is 1. The van der Waals surface area contributed by atoms with E-state index in [0.717, 1.165) is 6.54 Å². The monoisotopic (exact) mass is 222 g/mol. The Labute approximate surface area is 96.0 Å². The number of hydrogen-bond acceptors (Lipinski definition) is 3. The molecule has 1 aliphatic heterocycles. The Kier molecular flexibility index (Phi) is 3.45. The number of ether oxygens (including phenoxy) is 1. The molecule has 1 aliphatic carbocycles. The van der Waals surface area contributed by atoms with E-state index in [1.807, 2.05) is 0 Å². The number of nitrogens with zero attached hydrogens (tertiary/aromatic N) is 1. The molecule has 0 spiro atoms. The molecule has 0 aromatic carbocycles. The first-order chi connectivity index (χ1) is 7.77. The number of carbonyl (C=O) groups excluding carboxylic acids is 1. The van der Waals surface area contributed by atoms with Gasteiger partial charge in [0.1, 0.15) is 0 Å². The Morgan fingerprint density at radius 1 is 1.38 bits per heavy atom. The number of carbonyl (C=O) groups is 1. The average Bonchev–Trinajstić information content (AvgIpc) is 2.27. The average molecular weight is 222 g/mol. The number of nitrogens with one attached hydrogen (secondary N) is 1. The maximum atomic E-state index is 11.8. The zero-order valence-electron chi connectivity index (χ0n) is 9.50. The molecule has 2 rings (SSSR count). The normalized spacial score (nSPS) is 24.2. The zero-order chi connectivity index (χ0) is 11.4. The van der Waals surface area contributed by atoms with Gasteiger partial charge in [0.2, 0.25) is 5.91 Å². The molecule has 1 saturated heterocycles. The largest absolute Gasteiger partial charge is 0.377 e. The summed E-state index contributed by atoms with van der Waals surface area (Å²) in [5.41, 5.74) is -0.894. The molecule has 1 amide bonds. The van der Waals surface area contributed by atoms with Gasteiger partial charge in [-0.05, 0) is 18.8 Å². The third kappa shape index (κ3) is 2.19. The summed E-state index contributed by atoms with van der Waals surface area (Å²) in [7, 11) is 0. The smallest absolute Gasteiger partial charge is 0.245 e. The van der Waals surface area contributed by atoms with E-state index in [9.17, 15) is 4.79 Å². The van der Waals surface area contributed by atoms with Crippen LogP contribution >= 0.6 is 0 Å². The molecule has 1 heterocycles. The van der Waals surface area contributed by atoms with E-state index in [2.05, 4.69) is 11.4 Å². The van der Waals surface area contributed by atoms with Crippen molar-refractivity contribution in [2.24, 2.45) is 11.3 Å². The fraction of sp³-hybridized carbons (Fsp3) is 0.833. The second kappa shape index (κ2) is 4.84. The van der Waals surface area contributed by atoms with Crippen LogP contribution in [0.1, 0.15) is 32.1 Å². The predicted molar refractivity (Wildman–Crippen MR) is 58.4 cm³/mol. The molecule has 2 aliphatic rings. The fourth-order valence-electron chi connectivity index (χ4n) is 2.35. The maximum Gasteiger partial charge on any atom is 0.245 e. The van der Waals surface area contributed by atoms with E-state index in [-0.39, 0.29) is 19.1 Å². The third-order valence-electron chi connectivity index (χ3n) is 3.62. The highest BCUT2D eigenvalue weighted by atomic mass is 16.5. The van der Waals surface area contributed by atoms with Gasteiger partial charge in [0.05, 0.1) is 19.3 Å². The van der Waals surface area contributed by atoms with Gasteiger partial charge in [0, 0.05) is 6.54 Å². The maximum absolute atomic E-state index is 11.8. The molecule has 0 aromatic heterocycles. The summed E-state index contributed by atoms with van der Waals surface area (Å²) < 4.78 is 4.96. The minimum atomic E-state index is -0.894. The van der Waals surface area contributed by atoms with Gasteiger partial charge < -0.3 is 10.1 Å². The second-order valence-corrected chi connectivity index (χ2v) is 4.90. The van der Waals surface area contributed by atoms with Crippen molar-refractivity contribution >= 4 is 5.91 Å². The minimum Gasteiger partial charge on any atom is -0.377 e. The summed E-state index contributed by atoms with van der Waals surface area (Å²) >= 11 is 0. The summed E-state index contributed by atoms with van der Waals surface area (Å²) in [6.07, 6.45) is 6.27. The van der Waals surface area contributed by atoms with Crippen molar-refractivity contribution in [2.45, 2.75) is 32.1 Å². The second-order valence-electron chi connectivity index (χ2n) is 4.90.